The molecule has 0 spiro atoms. The highest BCUT2D eigenvalue weighted by atomic mass is 32.1. The lowest BCUT2D eigenvalue weighted by molar-refractivity contribution is -0.145. The lowest BCUT2D eigenvalue weighted by atomic mass is 9.79. The summed E-state index contributed by atoms with van der Waals surface area (Å²) in [5, 5.41) is 36.1. The van der Waals surface area contributed by atoms with Crippen LogP contribution in [0.5, 0.6) is 11.5 Å². The summed E-state index contributed by atoms with van der Waals surface area (Å²) >= 11 is 1.31. The third kappa shape index (κ3) is 6.54. The van der Waals surface area contributed by atoms with Crippen LogP contribution in [0.15, 0.2) is 61.1 Å². The number of hydrogen-bond acceptors (Lipinski definition) is 12. The summed E-state index contributed by atoms with van der Waals surface area (Å²) in [5.74, 6) is -0.0681. The van der Waals surface area contributed by atoms with E-state index in [-0.39, 0.29) is 5.91 Å². The third-order valence-corrected chi connectivity index (χ3v) is 10.0. The zero-order chi connectivity index (χ0) is 34.3. The third-order valence-electron chi connectivity index (χ3n) is 8.79. The minimum atomic E-state index is -1.22. The summed E-state index contributed by atoms with van der Waals surface area (Å²) in [6, 6.07) is 13.1. The molecule has 4 N–H and O–H groups in total. The fourth-order valence-corrected chi connectivity index (χ4v) is 7.01. The van der Waals surface area contributed by atoms with Gasteiger partial charge in [0.15, 0.2) is 11.4 Å². The number of fused-ring (bicyclic) bond motifs is 1. The minimum Gasteiger partial charge on any atom is -0.497 e. The van der Waals surface area contributed by atoms with Crippen LogP contribution >= 0.6 is 11.3 Å². The number of amides is 1. The summed E-state index contributed by atoms with van der Waals surface area (Å²) < 4.78 is 13.2. The zero-order valence-corrected chi connectivity index (χ0v) is 27.8. The van der Waals surface area contributed by atoms with Gasteiger partial charge in [-0.05, 0) is 75.4 Å². The smallest absolute Gasteiger partial charge is 0.306 e. The van der Waals surface area contributed by atoms with Gasteiger partial charge in [0.1, 0.15) is 22.1 Å². The van der Waals surface area contributed by atoms with Gasteiger partial charge in [-0.15, -0.1) is 16.4 Å². The van der Waals surface area contributed by atoms with Crippen molar-refractivity contribution in [1.29, 1.82) is 0 Å². The van der Waals surface area contributed by atoms with E-state index in [0.29, 0.717) is 82.1 Å². The second-order valence-electron chi connectivity index (χ2n) is 12.7. The van der Waals surface area contributed by atoms with Crippen molar-refractivity contribution in [2.75, 3.05) is 17.7 Å². The molecule has 1 fully saturated rings. The van der Waals surface area contributed by atoms with Crippen LogP contribution in [0.3, 0.4) is 0 Å². The highest BCUT2D eigenvalue weighted by Crippen LogP contribution is 2.48. The van der Waals surface area contributed by atoms with Gasteiger partial charge in [-0.1, -0.05) is 17.3 Å². The zero-order valence-electron chi connectivity index (χ0n) is 27.0. The number of benzene rings is 2. The molecule has 0 atom stereocenters. The number of carbonyl (C=O) groups excluding carboxylic acids is 1. The van der Waals surface area contributed by atoms with Crippen LogP contribution in [0.2, 0.25) is 0 Å². The molecule has 252 valence electrons. The van der Waals surface area contributed by atoms with Crippen molar-refractivity contribution in [2.24, 2.45) is 5.92 Å². The Bertz CT molecular complexity index is 2030. The number of hydrogen-bond donors (Lipinski definition) is 4. The van der Waals surface area contributed by atoms with Gasteiger partial charge in [-0.3, -0.25) is 9.59 Å². The molecule has 49 heavy (non-hydrogen) atoms. The average molecular weight is 683 g/mol. The topological polar surface area (TPSA) is 186 Å². The van der Waals surface area contributed by atoms with Crippen LogP contribution < -0.4 is 20.1 Å². The van der Waals surface area contributed by atoms with Gasteiger partial charge in [0, 0.05) is 23.6 Å². The summed E-state index contributed by atoms with van der Waals surface area (Å²) in [7, 11) is 1.63. The van der Waals surface area contributed by atoms with Gasteiger partial charge in [-0.2, -0.15) is 0 Å². The monoisotopic (exact) mass is 682 g/mol. The predicted molar refractivity (Wildman–Crippen MR) is 181 cm³/mol. The number of aliphatic hydroxyl groups is 1. The molecule has 0 bridgehead atoms. The number of aliphatic carboxylic acids is 1. The highest BCUT2D eigenvalue weighted by molar-refractivity contribution is 7.15. The Morgan fingerprint density at radius 1 is 1.14 bits per heavy atom. The van der Waals surface area contributed by atoms with E-state index in [2.05, 4.69) is 35.9 Å². The largest absolute Gasteiger partial charge is 0.497 e. The fraction of sp³-hybridized carbons (Fsp3) is 0.324. The molecule has 4 heterocycles. The first-order valence-electron chi connectivity index (χ1n) is 15.7. The number of carboxylic acids is 1. The van der Waals surface area contributed by atoms with Crippen LogP contribution in [-0.4, -0.2) is 64.7 Å². The molecule has 0 radical (unpaired) electrons. The second-order valence-corrected chi connectivity index (χ2v) is 13.7. The normalized spacial score (nSPS) is 19.8. The molecular formula is C34H34N8O6S. The summed E-state index contributed by atoms with van der Waals surface area (Å²) in [4.78, 5) is 38.7. The number of nitrogens with zero attached hydrogens (tertiary/aromatic N) is 6. The first-order valence-corrected chi connectivity index (χ1v) is 16.6. The number of carboxylic acid groups (broad SMARTS) is 1. The van der Waals surface area contributed by atoms with Crippen molar-refractivity contribution in [1.82, 2.24) is 29.9 Å². The molecule has 7 rings (SSSR count). The molecule has 2 aliphatic rings. The molecule has 0 unspecified atom stereocenters. The molecular weight excluding hydrogens is 648 g/mol. The SMILES string of the molecule is COc1ccc(Cn2cc(-c3ccnc(Nc4cc5c(c(-c6cnc(C7(O)CCC(C(=O)O)CC7)s6)c4)OC(C)(C)C(=O)N5)n3)nn2)cc1. The van der Waals surface area contributed by atoms with Crippen molar-refractivity contribution < 1.29 is 29.3 Å². The van der Waals surface area contributed by atoms with E-state index in [1.54, 1.807) is 50.2 Å². The highest BCUT2D eigenvalue weighted by Gasteiger charge is 2.41. The van der Waals surface area contributed by atoms with E-state index in [4.69, 9.17) is 9.47 Å². The van der Waals surface area contributed by atoms with Gasteiger partial charge in [0.05, 0.1) is 42.0 Å². The summed E-state index contributed by atoms with van der Waals surface area (Å²) in [6.07, 6.45) is 6.45. The maximum absolute atomic E-state index is 12.9. The number of rotatable bonds is 9. The van der Waals surface area contributed by atoms with Crippen LogP contribution in [-0.2, 0) is 21.7 Å². The molecule has 1 aliphatic carbocycles. The van der Waals surface area contributed by atoms with Gasteiger partial charge in [-0.25, -0.2) is 19.6 Å². The number of nitrogens with one attached hydrogen (secondary N) is 2. The number of methoxy groups -OCH3 is 1. The number of anilines is 3. The number of carbonyl (C=O) groups is 2. The lowest BCUT2D eigenvalue weighted by Crippen LogP contribution is -2.45. The molecule has 1 amide bonds. The lowest BCUT2D eigenvalue weighted by Gasteiger charge is -2.33. The number of aromatic nitrogens is 6. The Kier molecular flexibility index (Phi) is 8.24. The van der Waals surface area contributed by atoms with Crippen LogP contribution in [0.25, 0.3) is 21.8 Å². The number of thiazole rings is 1. The maximum atomic E-state index is 12.9. The van der Waals surface area contributed by atoms with E-state index in [1.165, 1.54) is 11.3 Å². The average Bonchev–Trinajstić information content (AvgIpc) is 3.77. The van der Waals surface area contributed by atoms with E-state index in [1.807, 2.05) is 36.5 Å². The Morgan fingerprint density at radius 3 is 2.65 bits per heavy atom. The standard InChI is InChI=1S/C34H34N8O6S/c1-33(2)30(45)38-25-15-21(14-23(28(25)48-33)27-16-36-31(49-27)34(46)11-8-20(9-12-34)29(43)44)37-32-35-13-10-24(39-32)26-18-42(41-40-26)17-19-4-6-22(47-3)7-5-19/h4-7,10,13-16,18,20,46H,8-9,11-12,17H2,1-3H3,(H,38,45)(H,43,44)(H,35,37,39). The first kappa shape index (κ1) is 32.2. The molecule has 3 aromatic heterocycles. The predicted octanol–water partition coefficient (Wildman–Crippen LogP) is 5.23. The van der Waals surface area contributed by atoms with Crippen LogP contribution in [0.4, 0.5) is 17.3 Å². The molecule has 5 aromatic rings. The van der Waals surface area contributed by atoms with Crippen molar-refractivity contribution in [3.8, 4) is 33.3 Å². The Labute approximate surface area is 285 Å². The Hall–Kier alpha value is -5.41. The van der Waals surface area contributed by atoms with Crippen LogP contribution in [0, 0.1) is 5.92 Å². The Morgan fingerprint density at radius 2 is 1.92 bits per heavy atom. The molecule has 14 nitrogen and oxygen atoms in total. The van der Waals surface area contributed by atoms with Crippen molar-refractivity contribution >= 4 is 40.5 Å². The minimum absolute atomic E-state index is 0.297. The maximum Gasteiger partial charge on any atom is 0.306 e. The molecule has 15 heteroatoms. The van der Waals surface area contributed by atoms with E-state index >= 15 is 0 Å². The van der Waals surface area contributed by atoms with Gasteiger partial charge < -0.3 is 30.3 Å². The fourth-order valence-electron chi connectivity index (χ4n) is 5.93. The van der Waals surface area contributed by atoms with Crippen molar-refractivity contribution in [2.45, 2.75) is 57.3 Å². The van der Waals surface area contributed by atoms with Gasteiger partial charge in [0.2, 0.25) is 5.95 Å². The number of ether oxygens (including phenoxy) is 2. The van der Waals surface area contributed by atoms with Crippen molar-refractivity contribution in [3.63, 3.8) is 0 Å². The summed E-state index contributed by atoms with van der Waals surface area (Å²) in [6.45, 7) is 3.90. The molecule has 1 saturated carbocycles. The Balaban J connectivity index is 1.16. The quantitative estimate of drug-likeness (QED) is 0.159. The van der Waals surface area contributed by atoms with Crippen molar-refractivity contribution in [3.05, 3.63) is 71.6 Å². The van der Waals surface area contributed by atoms with E-state index in [0.717, 1.165) is 11.3 Å². The van der Waals surface area contributed by atoms with Crippen LogP contribution in [0.1, 0.15) is 50.1 Å². The van der Waals surface area contributed by atoms with Gasteiger partial charge >= 0.3 is 5.97 Å². The molecule has 1 aliphatic heterocycles. The first-order chi connectivity index (χ1) is 23.5. The molecule has 0 saturated heterocycles. The molecule has 2 aromatic carbocycles. The van der Waals surface area contributed by atoms with E-state index < -0.39 is 23.1 Å². The second kappa shape index (κ2) is 12.6. The summed E-state index contributed by atoms with van der Waals surface area (Å²) in [5.41, 5.74) is 1.51. The van der Waals surface area contributed by atoms with E-state index in [9.17, 15) is 19.8 Å². The van der Waals surface area contributed by atoms with Gasteiger partial charge in [0.25, 0.3) is 5.91 Å².